The summed E-state index contributed by atoms with van der Waals surface area (Å²) in [5, 5.41) is 25.8. The van der Waals surface area contributed by atoms with E-state index in [0.717, 1.165) is 0 Å². The van der Waals surface area contributed by atoms with Crippen molar-refractivity contribution in [3.8, 4) is 0 Å². The van der Waals surface area contributed by atoms with E-state index in [0.29, 0.717) is 0 Å². The van der Waals surface area contributed by atoms with E-state index in [2.05, 4.69) is 4.74 Å². The average molecular weight is 120 g/mol. The molecule has 0 aromatic carbocycles. The van der Waals surface area contributed by atoms with Gasteiger partial charge in [-0.05, 0) is 0 Å². The molecule has 1 unspecified atom stereocenters. The Morgan fingerprint density at radius 2 is 1.88 bits per heavy atom. The van der Waals surface area contributed by atoms with Gasteiger partial charge in [0.2, 0.25) is 0 Å². The van der Waals surface area contributed by atoms with Gasteiger partial charge in [-0.1, -0.05) is 0 Å². The van der Waals surface area contributed by atoms with Crippen LogP contribution >= 0.6 is 0 Å². The van der Waals surface area contributed by atoms with Crippen molar-refractivity contribution >= 4 is 0 Å². The van der Waals surface area contributed by atoms with Crippen LogP contribution in [0, 0.1) is 0 Å². The number of hydrogen-bond donors (Lipinski definition) is 3. The van der Waals surface area contributed by atoms with Crippen molar-refractivity contribution in [2.75, 3.05) is 6.61 Å². The molecule has 0 bridgehead atoms. The van der Waals surface area contributed by atoms with Crippen molar-refractivity contribution in [3.05, 3.63) is 0 Å². The van der Waals surface area contributed by atoms with Gasteiger partial charge >= 0.3 is 0 Å². The minimum absolute atomic E-state index is 0.0162. The first-order valence-electron chi connectivity index (χ1n) is 2.37. The van der Waals surface area contributed by atoms with Gasteiger partial charge in [-0.3, -0.25) is 0 Å². The highest BCUT2D eigenvalue weighted by Crippen LogP contribution is 2.10. The molecule has 0 aromatic heterocycles. The SMILES string of the molecule is OC1CO[C@H](O)[C@H]1O. The maximum atomic E-state index is 8.64. The minimum atomic E-state index is -1.20. The Bertz CT molecular complexity index is 74.1. The molecule has 4 nitrogen and oxygen atoms in total. The molecule has 1 saturated heterocycles. The second-order valence-corrected chi connectivity index (χ2v) is 1.78. The summed E-state index contributed by atoms with van der Waals surface area (Å²) in [6.07, 6.45) is -3.26. The summed E-state index contributed by atoms with van der Waals surface area (Å²) in [7, 11) is 0. The normalized spacial score (nSPS) is 47.6. The lowest BCUT2D eigenvalue weighted by Crippen LogP contribution is -2.29. The van der Waals surface area contributed by atoms with Crippen molar-refractivity contribution in [2.24, 2.45) is 0 Å². The maximum Gasteiger partial charge on any atom is 0.183 e. The zero-order valence-electron chi connectivity index (χ0n) is 4.19. The first-order valence-corrected chi connectivity index (χ1v) is 2.37. The van der Waals surface area contributed by atoms with Gasteiger partial charge in [0.15, 0.2) is 6.29 Å². The van der Waals surface area contributed by atoms with E-state index >= 15 is 0 Å². The highest BCUT2D eigenvalue weighted by Gasteiger charge is 2.32. The van der Waals surface area contributed by atoms with E-state index in [4.69, 9.17) is 15.3 Å². The summed E-state index contributed by atoms with van der Waals surface area (Å²) < 4.78 is 4.43. The molecule has 1 aliphatic rings. The molecule has 1 rings (SSSR count). The van der Waals surface area contributed by atoms with Crippen LogP contribution < -0.4 is 0 Å². The predicted octanol–water partition coefficient (Wildman–Crippen LogP) is -1.94. The molecule has 4 heteroatoms. The Hall–Kier alpha value is -0.160. The van der Waals surface area contributed by atoms with E-state index in [1.54, 1.807) is 0 Å². The van der Waals surface area contributed by atoms with Crippen molar-refractivity contribution in [3.63, 3.8) is 0 Å². The lowest BCUT2D eigenvalue weighted by atomic mass is 10.2. The molecule has 1 heterocycles. The zero-order valence-corrected chi connectivity index (χ0v) is 4.19. The molecule has 0 radical (unpaired) electrons. The highest BCUT2D eigenvalue weighted by atomic mass is 16.6. The third-order valence-corrected chi connectivity index (χ3v) is 1.12. The van der Waals surface area contributed by atoms with Crippen LogP contribution in [0.3, 0.4) is 0 Å². The molecule has 1 fully saturated rings. The minimum Gasteiger partial charge on any atom is -0.388 e. The fraction of sp³-hybridized carbons (Fsp3) is 1.00. The molecule has 0 aliphatic carbocycles. The quantitative estimate of drug-likeness (QED) is 0.348. The second-order valence-electron chi connectivity index (χ2n) is 1.78. The number of ether oxygens (including phenoxy) is 1. The molecular weight excluding hydrogens is 112 g/mol. The van der Waals surface area contributed by atoms with E-state index < -0.39 is 18.5 Å². The largest absolute Gasteiger partial charge is 0.388 e. The van der Waals surface area contributed by atoms with Gasteiger partial charge in [0.25, 0.3) is 0 Å². The Morgan fingerprint density at radius 1 is 1.25 bits per heavy atom. The van der Waals surface area contributed by atoms with E-state index in [9.17, 15) is 0 Å². The summed E-state index contributed by atoms with van der Waals surface area (Å²) >= 11 is 0. The topological polar surface area (TPSA) is 69.9 Å². The monoisotopic (exact) mass is 120 g/mol. The lowest BCUT2D eigenvalue weighted by molar-refractivity contribution is -0.111. The smallest absolute Gasteiger partial charge is 0.183 e. The van der Waals surface area contributed by atoms with Crippen LogP contribution in [0.1, 0.15) is 0 Å². The average Bonchev–Trinajstić information content (AvgIpc) is 1.98. The second kappa shape index (κ2) is 1.99. The number of aliphatic hydroxyl groups is 3. The van der Waals surface area contributed by atoms with Crippen LogP contribution in [-0.2, 0) is 4.74 Å². The standard InChI is InChI=1S/C4H8O4/c5-2-1-8-4(7)3(2)6/h2-7H,1H2/t2?,3-,4-/m0/s1. The van der Waals surface area contributed by atoms with Gasteiger partial charge in [0.1, 0.15) is 12.2 Å². The Morgan fingerprint density at radius 3 is 2.00 bits per heavy atom. The summed E-state index contributed by atoms with van der Waals surface area (Å²) in [6.45, 7) is 0.0162. The summed E-state index contributed by atoms with van der Waals surface area (Å²) in [4.78, 5) is 0. The van der Waals surface area contributed by atoms with Gasteiger partial charge in [-0.2, -0.15) is 0 Å². The molecule has 8 heavy (non-hydrogen) atoms. The zero-order chi connectivity index (χ0) is 6.15. The molecular formula is C4H8O4. The Labute approximate surface area is 46.3 Å². The molecule has 1 aliphatic heterocycles. The van der Waals surface area contributed by atoms with Crippen LogP contribution in [0.5, 0.6) is 0 Å². The van der Waals surface area contributed by atoms with Crippen molar-refractivity contribution in [1.82, 2.24) is 0 Å². The number of rotatable bonds is 0. The van der Waals surface area contributed by atoms with Gasteiger partial charge in [-0.15, -0.1) is 0 Å². The summed E-state index contributed by atoms with van der Waals surface area (Å²) in [6, 6.07) is 0. The first-order chi connectivity index (χ1) is 3.72. The van der Waals surface area contributed by atoms with E-state index in [1.807, 2.05) is 0 Å². The van der Waals surface area contributed by atoms with Gasteiger partial charge in [0.05, 0.1) is 6.61 Å². The molecule has 0 aromatic rings. The Kier molecular flexibility index (Phi) is 1.48. The number of aliphatic hydroxyl groups excluding tert-OH is 3. The van der Waals surface area contributed by atoms with Crippen molar-refractivity contribution in [1.29, 1.82) is 0 Å². The number of hydrogen-bond acceptors (Lipinski definition) is 4. The maximum absolute atomic E-state index is 8.64. The van der Waals surface area contributed by atoms with E-state index in [1.165, 1.54) is 0 Å². The third kappa shape index (κ3) is 0.830. The van der Waals surface area contributed by atoms with Crippen LogP contribution in [-0.4, -0.2) is 40.4 Å². The van der Waals surface area contributed by atoms with Crippen LogP contribution in [0.15, 0.2) is 0 Å². The first kappa shape index (κ1) is 5.97. The summed E-state index contributed by atoms with van der Waals surface area (Å²) in [5.74, 6) is 0. The van der Waals surface area contributed by atoms with Crippen molar-refractivity contribution in [2.45, 2.75) is 18.5 Å². The van der Waals surface area contributed by atoms with Gasteiger partial charge < -0.3 is 20.1 Å². The van der Waals surface area contributed by atoms with E-state index in [-0.39, 0.29) is 6.61 Å². The third-order valence-electron chi connectivity index (χ3n) is 1.12. The van der Waals surface area contributed by atoms with Crippen LogP contribution in [0.25, 0.3) is 0 Å². The highest BCUT2D eigenvalue weighted by molar-refractivity contribution is 4.75. The molecule has 48 valence electrons. The molecule has 0 amide bonds. The molecule has 3 N–H and O–H groups in total. The molecule has 0 spiro atoms. The van der Waals surface area contributed by atoms with Crippen LogP contribution in [0.4, 0.5) is 0 Å². The summed E-state index contributed by atoms with van der Waals surface area (Å²) in [5.41, 5.74) is 0. The van der Waals surface area contributed by atoms with Gasteiger partial charge in [-0.25, -0.2) is 0 Å². The molecule has 0 saturated carbocycles. The Balaban J connectivity index is 2.44. The van der Waals surface area contributed by atoms with Gasteiger partial charge in [0, 0.05) is 0 Å². The fourth-order valence-corrected chi connectivity index (χ4v) is 0.584. The van der Waals surface area contributed by atoms with Crippen LogP contribution in [0.2, 0.25) is 0 Å². The fourth-order valence-electron chi connectivity index (χ4n) is 0.584. The predicted molar refractivity (Wildman–Crippen MR) is 24.0 cm³/mol. The lowest BCUT2D eigenvalue weighted by Gasteiger charge is -2.06. The van der Waals surface area contributed by atoms with Crippen molar-refractivity contribution < 1.29 is 20.1 Å². The molecule has 3 atom stereocenters.